The van der Waals surface area contributed by atoms with Gasteiger partial charge in [-0.2, -0.15) is 0 Å². The van der Waals surface area contributed by atoms with Gasteiger partial charge in [0.1, 0.15) is 11.4 Å². The number of nitrogens with one attached hydrogen (secondary N) is 4. The molecular weight excluding hydrogens is 582 g/mol. The predicted octanol–water partition coefficient (Wildman–Crippen LogP) is 6.31. The standard InChI is InChI=1S/C36H43N5O5/c1-22-29(6-5-17-37-22)25-11-7-23(8-12-25)18-27(33(43)39-28-15-16-30-31(20-28)40-41-34(30)44)19-32(42)26-13-9-24(10-14-26)21-38-35(45)46-36(2,3)4/h5-8,11-12,15-17,20,24,26-27H,9-10,13-14,18-19,21H2,1-4H3,(H,38,45)(H,39,43)(H2,40,41,44)/t24?,26?,27-/m1/s1. The number of hydrogen-bond donors (Lipinski definition) is 4. The van der Waals surface area contributed by atoms with Crippen LogP contribution in [-0.4, -0.2) is 45.1 Å². The van der Waals surface area contributed by atoms with E-state index in [0.29, 0.717) is 29.6 Å². The molecule has 1 aliphatic rings. The zero-order valence-electron chi connectivity index (χ0n) is 26.9. The maximum atomic E-state index is 13.7. The molecule has 2 aromatic heterocycles. The van der Waals surface area contributed by atoms with Gasteiger partial charge in [-0.05, 0) is 101 Å². The van der Waals surface area contributed by atoms with Gasteiger partial charge < -0.3 is 15.4 Å². The molecule has 5 rings (SSSR count). The number of benzene rings is 2. The van der Waals surface area contributed by atoms with Crippen LogP contribution in [0.15, 0.2) is 65.6 Å². The van der Waals surface area contributed by atoms with E-state index in [1.165, 1.54) is 0 Å². The van der Waals surface area contributed by atoms with Crippen LogP contribution in [-0.2, 0) is 20.7 Å². The maximum absolute atomic E-state index is 13.7. The summed E-state index contributed by atoms with van der Waals surface area (Å²) in [6.45, 7) is 7.99. The summed E-state index contributed by atoms with van der Waals surface area (Å²) in [5, 5.41) is 11.7. The third kappa shape index (κ3) is 8.50. The molecule has 0 unspecified atom stereocenters. The van der Waals surface area contributed by atoms with Crippen molar-refractivity contribution in [3.8, 4) is 11.1 Å². The van der Waals surface area contributed by atoms with E-state index in [-0.39, 0.29) is 35.5 Å². The number of hydrogen-bond acceptors (Lipinski definition) is 6. The van der Waals surface area contributed by atoms with Crippen LogP contribution in [0.4, 0.5) is 10.5 Å². The van der Waals surface area contributed by atoms with Crippen molar-refractivity contribution >= 4 is 34.4 Å². The molecule has 0 spiro atoms. The minimum Gasteiger partial charge on any atom is -0.444 e. The SMILES string of the molecule is Cc1ncccc1-c1ccc(C[C@H](CC(=O)C2CCC(CNC(=O)OC(C)(C)C)CC2)C(=O)Nc2ccc3c(=O)[nH][nH]c3c2)cc1. The smallest absolute Gasteiger partial charge is 0.407 e. The molecule has 46 heavy (non-hydrogen) atoms. The van der Waals surface area contributed by atoms with Crippen LogP contribution in [0.1, 0.15) is 64.1 Å². The number of aryl methyl sites for hydroxylation is 1. The van der Waals surface area contributed by atoms with Crippen LogP contribution in [0, 0.1) is 24.7 Å². The van der Waals surface area contributed by atoms with Crippen molar-refractivity contribution in [3.63, 3.8) is 0 Å². The first-order chi connectivity index (χ1) is 21.9. The van der Waals surface area contributed by atoms with E-state index in [1.807, 2.05) is 64.1 Å². The minimum atomic E-state index is -0.578. The molecule has 10 heteroatoms. The van der Waals surface area contributed by atoms with Gasteiger partial charge in [-0.15, -0.1) is 0 Å². The Labute approximate surface area is 268 Å². The molecule has 1 atom stereocenters. The number of carbonyl (C=O) groups is 3. The number of pyridine rings is 1. The lowest BCUT2D eigenvalue weighted by Crippen LogP contribution is -2.37. The summed E-state index contributed by atoms with van der Waals surface area (Å²) in [7, 11) is 0. The highest BCUT2D eigenvalue weighted by molar-refractivity contribution is 5.97. The molecule has 0 radical (unpaired) electrons. The van der Waals surface area contributed by atoms with E-state index < -0.39 is 17.6 Å². The third-order valence-electron chi connectivity index (χ3n) is 8.65. The molecule has 0 saturated heterocycles. The summed E-state index contributed by atoms with van der Waals surface area (Å²) >= 11 is 0. The highest BCUT2D eigenvalue weighted by Crippen LogP contribution is 2.32. The van der Waals surface area contributed by atoms with E-state index in [1.54, 1.807) is 24.4 Å². The van der Waals surface area contributed by atoms with E-state index in [9.17, 15) is 19.2 Å². The van der Waals surface area contributed by atoms with E-state index in [2.05, 4.69) is 25.8 Å². The largest absolute Gasteiger partial charge is 0.444 e. The number of aromatic nitrogens is 3. The molecule has 2 amide bonds. The number of anilines is 1. The summed E-state index contributed by atoms with van der Waals surface area (Å²) < 4.78 is 5.34. The lowest BCUT2D eigenvalue weighted by Gasteiger charge is -2.29. The lowest BCUT2D eigenvalue weighted by atomic mass is 9.77. The molecule has 4 N–H and O–H groups in total. The quantitative estimate of drug-likeness (QED) is 0.162. The van der Waals surface area contributed by atoms with Crippen LogP contribution in [0.2, 0.25) is 0 Å². The number of rotatable bonds is 10. The minimum absolute atomic E-state index is 0.0896. The fourth-order valence-corrected chi connectivity index (χ4v) is 6.15. The van der Waals surface area contributed by atoms with Crippen molar-refractivity contribution in [1.29, 1.82) is 0 Å². The maximum Gasteiger partial charge on any atom is 0.407 e. The topological polar surface area (TPSA) is 146 Å². The van der Waals surface area contributed by atoms with Crippen LogP contribution >= 0.6 is 0 Å². The molecule has 0 aliphatic heterocycles. The highest BCUT2D eigenvalue weighted by atomic mass is 16.6. The zero-order chi connectivity index (χ0) is 32.8. The number of carbonyl (C=O) groups excluding carboxylic acids is 3. The second-order valence-corrected chi connectivity index (χ2v) is 13.3. The average molecular weight is 626 g/mol. The Bertz CT molecular complexity index is 1740. The number of alkyl carbamates (subject to hydrolysis) is 1. The van der Waals surface area contributed by atoms with Gasteiger partial charge in [-0.3, -0.25) is 29.6 Å². The Kier molecular flexibility index (Phi) is 10.0. The molecule has 1 aliphatic carbocycles. The second kappa shape index (κ2) is 14.1. The van der Waals surface area contributed by atoms with Gasteiger partial charge in [-0.25, -0.2) is 4.79 Å². The molecular formula is C36H43N5O5. The van der Waals surface area contributed by atoms with Crippen molar-refractivity contribution in [2.24, 2.45) is 17.8 Å². The Morgan fingerprint density at radius 3 is 2.43 bits per heavy atom. The predicted molar refractivity (Wildman–Crippen MR) is 178 cm³/mol. The highest BCUT2D eigenvalue weighted by Gasteiger charge is 2.31. The van der Waals surface area contributed by atoms with Crippen LogP contribution in [0.5, 0.6) is 0 Å². The Hall–Kier alpha value is -4.73. The number of ketones is 1. The van der Waals surface area contributed by atoms with Crippen molar-refractivity contribution < 1.29 is 19.1 Å². The van der Waals surface area contributed by atoms with Crippen LogP contribution in [0.25, 0.3) is 22.0 Å². The summed E-state index contributed by atoms with van der Waals surface area (Å²) in [5.41, 5.74) is 4.35. The van der Waals surface area contributed by atoms with Gasteiger partial charge >= 0.3 is 6.09 Å². The van der Waals surface area contributed by atoms with Gasteiger partial charge in [-0.1, -0.05) is 30.3 Å². The third-order valence-corrected chi connectivity index (χ3v) is 8.65. The fraction of sp³-hybridized carbons (Fsp3) is 0.417. The van der Waals surface area contributed by atoms with Crippen molar-refractivity contribution in [1.82, 2.24) is 20.5 Å². The first kappa shape index (κ1) is 32.7. The Morgan fingerprint density at radius 2 is 1.74 bits per heavy atom. The molecule has 1 fully saturated rings. The summed E-state index contributed by atoms with van der Waals surface area (Å²) in [6.07, 6.45) is 4.98. The number of aromatic amines is 2. The summed E-state index contributed by atoms with van der Waals surface area (Å²) in [5.74, 6) is -0.566. The first-order valence-electron chi connectivity index (χ1n) is 16.0. The molecule has 0 bridgehead atoms. The summed E-state index contributed by atoms with van der Waals surface area (Å²) in [6, 6.07) is 17.1. The number of amides is 2. The van der Waals surface area contributed by atoms with Crippen molar-refractivity contribution in [2.75, 3.05) is 11.9 Å². The molecule has 10 nitrogen and oxygen atoms in total. The molecule has 1 saturated carbocycles. The fourth-order valence-electron chi connectivity index (χ4n) is 6.15. The van der Waals surface area contributed by atoms with Crippen LogP contribution in [0.3, 0.4) is 0 Å². The number of fused-ring (bicyclic) bond motifs is 1. The van der Waals surface area contributed by atoms with Crippen molar-refractivity contribution in [3.05, 3.63) is 82.4 Å². The number of Topliss-reactive ketones (excluding diaryl/α,β-unsaturated/α-hetero) is 1. The van der Waals surface area contributed by atoms with Gasteiger partial charge in [0.15, 0.2) is 0 Å². The average Bonchev–Trinajstić information content (AvgIpc) is 3.39. The normalized spacial score (nSPS) is 17.3. The van der Waals surface area contributed by atoms with Gasteiger partial charge in [0.25, 0.3) is 5.56 Å². The summed E-state index contributed by atoms with van der Waals surface area (Å²) in [4.78, 5) is 55.7. The van der Waals surface area contributed by atoms with Crippen molar-refractivity contribution in [2.45, 2.75) is 71.8 Å². The number of ether oxygens (including phenoxy) is 1. The monoisotopic (exact) mass is 625 g/mol. The van der Waals surface area contributed by atoms with E-state index in [4.69, 9.17) is 4.74 Å². The van der Waals surface area contributed by atoms with Crippen LogP contribution < -0.4 is 16.2 Å². The van der Waals surface area contributed by atoms with E-state index >= 15 is 0 Å². The van der Waals surface area contributed by atoms with Gasteiger partial charge in [0, 0.05) is 47.9 Å². The zero-order valence-corrected chi connectivity index (χ0v) is 26.9. The van der Waals surface area contributed by atoms with E-state index in [0.717, 1.165) is 48.1 Å². The molecule has 242 valence electrons. The van der Waals surface area contributed by atoms with Gasteiger partial charge in [0.2, 0.25) is 5.91 Å². The lowest BCUT2D eigenvalue weighted by molar-refractivity contribution is -0.129. The number of H-pyrrole nitrogens is 2. The molecule has 4 aromatic rings. The Balaban J connectivity index is 1.25. The second-order valence-electron chi connectivity index (χ2n) is 13.3. The Morgan fingerprint density at radius 1 is 1.00 bits per heavy atom. The molecule has 2 heterocycles. The first-order valence-corrected chi connectivity index (χ1v) is 16.0. The number of nitrogens with zero attached hydrogens (tertiary/aromatic N) is 1. The van der Waals surface area contributed by atoms with Gasteiger partial charge in [0.05, 0.1) is 10.9 Å². The molecule has 2 aromatic carbocycles.